The van der Waals surface area contributed by atoms with Gasteiger partial charge in [0, 0.05) is 12.0 Å². The standard InChI is InChI=1S/C22H26O7S/c1-4-20(21(22(23)24)27-5-2)17-8-12-18(13-9-17)28-15-14-16-6-10-19(11-7-16)29-30(3,25)26/h6-13H,4-5,14-15H2,1-3H3,(H,23,24). The zero-order valence-electron chi connectivity index (χ0n) is 17.3. The summed E-state index contributed by atoms with van der Waals surface area (Å²) < 4.78 is 38.1. The van der Waals surface area contributed by atoms with Crippen molar-refractivity contribution in [3.63, 3.8) is 0 Å². The summed E-state index contributed by atoms with van der Waals surface area (Å²) in [6.45, 7) is 4.35. The van der Waals surface area contributed by atoms with Crippen LogP contribution in [0.4, 0.5) is 0 Å². The first-order valence-corrected chi connectivity index (χ1v) is 11.4. The number of hydrogen-bond donors (Lipinski definition) is 1. The van der Waals surface area contributed by atoms with E-state index in [1.807, 2.05) is 19.1 Å². The summed E-state index contributed by atoms with van der Waals surface area (Å²) in [5, 5.41) is 9.37. The summed E-state index contributed by atoms with van der Waals surface area (Å²) in [5.41, 5.74) is 2.39. The average molecular weight is 435 g/mol. The minimum atomic E-state index is -3.54. The zero-order chi connectivity index (χ0) is 22.1. The molecular weight excluding hydrogens is 408 g/mol. The minimum Gasteiger partial charge on any atom is -0.493 e. The molecule has 0 spiro atoms. The summed E-state index contributed by atoms with van der Waals surface area (Å²) in [6, 6.07) is 14.0. The molecule has 30 heavy (non-hydrogen) atoms. The number of rotatable bonds is 11. The van der Waals surface area contributed by atoms with Gasteiger partial charge >= 0.3 is 16.1 Å². The lowest BCUT2D eigenvalue weighted by Gasteiger charge is -2.12. The molecule has 0 fully saturated rings. The van der Waals surface area contributed by atoms with Gasteiger partial charge in [0.1, 0.15) is 11.5 Å². The highest BCUT2D eigenvalue weighted by molar-refractivity contribution is 7.86. The Balaban J connectivity index is 1.98. The van der Waals surface area contributed by atoms with E-state index >= 15 is 0 Å². The Kier molecular flexibility index (Phi) is 8.29. The van der Waals surface area contributed by atoms with E-state index in [1.54, 1.807) is 43.3 Å². The van der Waals surface area contributed by atoms with Crippen molar-refractivity contribution in [2.75, 3.05) is 19.5 Å². The summed E-state index contributed by atoms with van der Waals surface area (Å²) in [6.07, 6.45) is 2.16. The van der Waals surface area contributed by atoms with Crippen LogP contribution >= 0.6 is 0 Å². The maximum atomic E-state index is 11.5. The highest BCUT2D eigenvalue weighted by Crippen LogP contribution is 2.25. The molecule has 0 saturated carbocycles. The Morgan fingerprint density at radius 3 is 2.07 bits per heavy atom. The topological polar surface area (TPSA) is 99.1 Å². The van der Waals surface area contributed by atoms with Crippen molar-refractivity contribution in [1.82, 2.24) is 0 Å². The summed E-state index contributed by atoms with van der Waals surface area (Å²) in [5.74, 6) is -0.177. The van der Waals surface area contributed by atoms with Gasteiger partial charge in [0.15, 0.2) is 0 Å². The van der Waals surface area contributed by atoms with E-state index in [0.29, 0.717) is 30.8 Å². The average Bonchev–Trinajstić information content (AvgIpc) is 2.69. The smallest absolute Gasteiger partial charge is 0.371 e. The third-order valence-corrected chi connectivity index (χ3v) is 4.64. The Bertz CT molecular complexity index is 975. The SMILES string of the molecule is CCOC(C(=O)O)=C(CC)c1ccc(OCCc2ccc(OS(C)(=O)=O)cc2)cc1. The van der Waals surface area contributed by atoms with Crippen LogP contribution in [0.2, 0.25) is 0 Å². The third-order valence-electron chi connectivity index (χ3n) is 4.14. The molecule has 2 aromatic rings. The molecule has 8 heteroatoms. The molecule has 0 radical (unpaired) electrons. The van der Waals surface area contributed by atoms with E-state index in [4.69, 9.17) is 13.7 Å². The highest BCUT2D eigenvalue weighted by atomic mass is 32.2. The molecule has 0 atom stereocenters. The largest absolute Gasteiger partial charge is 0.493 e. The van der Waals surface area contributed by atoms with Crippen molar-refractivity contribution in [2.45, 2.75) is 26.7 Å². The fourth-order valence-corrected chi connectivity index (χ4v) is 3.30. The Hall–Kier alpha value is -3.00. The van der Waals surface area contributed by atoms with Crippen molar-refractivity contribution >= 4 is 21.7 Å². The molecule has 1 N–H and O–H groups in total. The van der Waals surface area contributed by atoms with Crippen LogP contribution < -0.4 is 8.92 Å². The van der Waals surface area contributed by atoms with Gasteiger partial charge in [0.2, 0.25) is 5.76 Å². The van der Waals surface area contributed by atoms with E-state index in [9.17, 15) is 18.3 Å². The second kappa shape index (κ2) is 10.7. The van der Waals surface area contributed by atoms with Crippen LogP contribution in [0.3, 0.4) is 0 Å². The highest BCUT2D eigenvalue weighted by Gasteiger charge is 2.16. The first-order valence-electron chi connectivity index (χ1n) is 9.54. The normalized spacial score (nSPS) is 12.1. The molecule has 0 aromatic heterocycles. The third kappa shape index (κ3) is 7.11. The van der Waals surface area contributed by atoms with E-state index in [0.717, 1.165) is 17.4 Å². The molecule has 2 rings (SSSR count). The quantitative estimate of drug-likeness (QED) is 0.325. The lowest BCUT2D eigenvalue weighted by atomic mass is 10.0. The number of benzene rings is 2. The van der Waals surface area contributed by atoms with Crippen LogP contribution in [-0.2, 0) is 26.1 Å². The van der Waals surface area contributed by atoms with Crippen LogP contribution in [0.5, 0.6) is 11.5 Å². The van der Waals surface area contributed by atoms with Gasteiger partial charge in [-0.1, -0.05) is 31.2 Å². The number of carboxylic acid groups (broad SMARTS) is 1. The maximum Gasteiger partial charge on any atom is 0.371 e. The second-order valence-electron chi connectivity index (χ2n) is 6.45. The Morgan fingerprint density at radius 2 is 1.57 bits per heavy atom. The summed E-state index contributed by atoms with van der Waals surface area (Å²) in [7, 11) is -3.54. The van der Waals surface area contributed by atoms with Gasteiger partial charge in [-0.25, -0.2) is 4.79 Å². The Labute approximate surface area is 177 Å². The van der Waals surface area contributed by atoms with Crippen molar-refractivity contribution in [2.24, 2.45) is 0 Å². The Morgan fingerprint density at radius 1 is 0.967 bits per heavy atom. The maximum absolute atomic E-state index is 11.5. The number of hydrogen-bond acceptors (Lipinski definition) is 6. The molecule has 0 aliphatic heterocycles. The fraction of sp³-hybridized carbons (Fsp3) is 0.318. The lowest BCUT2D eigenvalue weighted by Crippen LogP contribution is -2.08. The minimum absolute atomic E-state index is 0.0306. The summed E-state index contributed by atoms with van der Waals surface area (Å²) >= 11 is 0. The molecule has 0 saturated heterocycles. The van der Waals surface area contributed by atoms with Crippen molar-refractivity contribution in [3.8, 4) is 11.5 Å². The molecule has 162 valence electrons. The molecule has 7 nitrogen and oxygen atoms in total. The predicted octanol–water partition coefficient (Wildman–Crippen LogP) is 3.89. The van der Waals surface area contributed by atoms with Gasteiger partial charge in [-0.2, -0.15) is 8.42 Å². The molecule has 0 aliphatic rings. The molecule has 0 unspecified atom stereocenters. The number of allylic oxidation sites excluding steroid dienone is 1. The van der Waals surface area contributed by atoms with E-state index in [2.05, 4.69) is 0 Å². The second-order valence-corrected chi connectivity index (χ2v) is 8.03. The molecule has 0 aliphatic carbocycles. The molecule has 2 aromatic carbocycles. The van der Waals surface area contributed by atoms with E-state index < -0.39 is 16.1 Å². The van der Waals surface area contributed by atoms with Crippen molar-refractivity contribution in [1.29, 1.82) is 0 Å². The first-order chi connectivity index (χ1) is 14.2. The van der Waals surface area contributed by atoms with Crippen LogP contribution in [0.15, 0.2) is 54.3 Å². The van der Waals surface area contributed by atoms with Gasteiger partial charge in [-0.05, 0) is 48.7 Å². The molecule has 0 heterocycles. The van der Waals surface area contributed by atoms with Crippen molar-refractivity contribution < 1.29 is 32.0 Å². The van der Waals surface area contributed by atoms with E-state index in [-0.39, 0.29) is 18.1 Å². The molecular formula is C22H26O7S. The van der Waals surface area contributed by atoms with Crippen LogP contribution in [0.25, 0.3) is 5.57 Å². The molecule has 0 amide bonds. The summed E-state index contributed by atoms with van der Waals surface area (Å²) in [4.78, 5) is 11.5. The number of ether oxygens (including phenoxy) is 2. The van der Waals surface area contributed by atoms with Gasteiger partial charge in [0.25, 0.3) is 0 Å². The van der Waals surface area contributed by atoms with Gasteiger partial charge in [-0.15, -0.1) is 0 Å². The molecule has 0 bridgehead atoms. The van der Waals surface area contributed by atoms with E-state index in [1.165, 1.54) is 0 Å². The van der Waals surface area contributed by atoms with Crippen LogP contribution in [0.1, 0.15) is 31.4 Å². The van der Waals surface area contributed by atoms with Gasteiger partial charge in [0.05, 0.1) is 19.5 Å². The lowest BCUT2D eigenvalue weighted by molar-refractivity contribution is -0.136. The van der Waals surface area contributed by atoms with Gasteiger partial charge < -0.3 is 18.8 Å². The fourth-order valence-electron chi connectivity index (χ4n) is 2.84. The number of aliphatic carboxylic acids is 1. The van der Waals surface area contributed by atoms with Crippen LogP contribution in [-0.4, -0.2) is 39.0 Å². The monoisotopic (exact) mass is 434 g/mol. The predicted molar refractivity (Wildman–Crippen MR) is 114 cm³/mol. The van der Waals surface area contributed by atoms with Crippen LogP contribution in [0, 0.1) is 0 Å². The number of carboxylic acids is 1. The first kappa shape index (κ1) is 23.3. The number of carbonyl (C=O) groups is 1. The van der Waals surface area contributed by atoms with Crippen molar-refractivity contribution in [3.05, 3.63) is 65.4 Å². The zero-order valence-corrected chi connectivity index (χ0v) is 18.1. The van der Waals surface area contributed by atoms with Gasteiger partial charge in [-0.3, -0.25) is 0 Å².